The second-order valence-electron chi connectivity index (χ2n) is 4.72. The van der Waals surface area contributed by atoms with Crippen LogP contribution in [0, 0.1) is 0 Å². The number of carbonyl (C=O) groups is 2. The monoisotopic (exact) mass is 382 g/mol. The zero-order chi connectivity index (χ0) is 19.7. The number of methoxy groups -OCH3 is 3. The maximum absolute atomic E-state index is 11.1. The van der Waals surface area contributed by atoms with Crippen LogP contribution < -0.4 is 11.5 Å². The quantitative estimate of drug-likeness (QED) is 0.597. The van der Waals surface area contributed by atoms with Crippen LogP contribution >= 0.6 is 11.6 Å². The largest absolute Gasteiger partial charge is 0.465 e. The number of halogens is 1. The van der Waals surface area contributed by atoms with Gasteiger partial charge in [0.25, 0.3) is 0 Å². The van der Waals surface area contributed by atoms with Crippen LogP contribution in [-0.2, 0) is 20.8 Å². The molecule has 0 atom stereocenters. The van der Waals surface area contributed by atoms with E-state index in [9.17, 15) is 9.59 Å². The van der Waals surface area contributed by atoms with Gasteiger partial charge in [-0.2, -0.15) is 0 Å². The lowest BCUT2D eigenvalue weighted by Gasteiger charge is -2.04. The summed E-state index contributed by atoms with van der Waals surface area (Å²) in [6.45, 7) is 0.367. The Morgan fingerprint density at radius 2 is 1.42 bits per heavy atom. The lowest BCUT2D eigenvalue weighted by atomic mass is 10.2. The van der Waals surface area contributed by atoms with Crippen molar-refractivity contribution in [3.8, 4) is 0 Å². The molecule has 0 bridgehead atoms. The van der Waals surface area contributed by atoms with Gasteiger partial charge >= 0.3 is 11.9 Å². The highest BCUT2D eigenvalue weighted by Crippen LogP contribution is 2.14. The molecule has 0 radical (unpaired) electrons. The van der Waals surface area contributed by atoms with Crippen LogP contribution in [0.3, 0.4) is 0 Å². The van der Waals surface area contributed by atoms with Gasteiger partial charge in [0.2, 0.25) is 0 Å². The molecule has 9 nitrogen and oxygen atoms in total. The number of esters is 2. The van der Waals surface area contributed by atoms with E-state index in [1.807, 2.05) is 0 Å². The standard InChI is InChI=1S/C9H12N2O3.C7H7ClN2O2/c1-13-5-6-3-4-7(8(10)11-6)9(12)14-2;1-12-7(11)4-2-3-5(8)10-6(4)9/h3-4H,5H2,1-2H3,(H2,10,11);2-3H,1H3,(H2,9,10). The van der Waals surface area contributed by atoms with E-state index in [2.05, 4.69) is 19.4 Å². The van der Waals surface area contributed by atoms with E-state index < -0.39 is 11.9 Å². The first-order valence-electron chi connectivity index (χ1n) is 7.17. The summed E-state index contributed by atoms with van der Waals surface area (Å²) in [4.78, 5) is 29.8. The summed E-state index contributed by atoms with van der Waals surface area (Å²) in [5, 5.41) is 0.250. The van der Waals surface area contributed by atoms with E-state index in [4.69, 9.17) is 27.8 Å². The minimum absolute atomic E-state index is 0.0781. The summed E-state index contributed by atoms with van der Waals surface area (Å²) in [5.41, 5.74) is 12.1. The Balaban J connectivity index is 0.000000263. The third-order valence-electron chi connectivity index (χ3n) is 2.98. The molecular formula is C16H19ClN4O5. The molecule has 0 spiro atoms. The van der Waals surface area contributed by atoms with Crippen LogP contribution in [0.1, 0.15) is 26.4 Å². The number of hydrogen-bond acceptors (Lipinski definition) is 9. The average Bonchev–Trinajstić information content (AvgIpc) is 2.61. The third kappa shape index (κ3) is 5.87. The van der Waals surface area contributed by atoms with Gasteiger partial charge in [-0.1, -0.05) is 11.6 Å². The van der Waals surface area contributed by atoms with Crippen molar-refractivity contribution in [2.45, 2.75) is 6.61 Å². The van der Waals surface area contributed by atoms with Gasteiger partial charge in [0.1, 0.15) is 27.9 Å². The number of pyridine rings is 2. The first kappa shape index (κ1) is 21.1. The highest BCUT2D eigenvalue weighted by atomic mass is 35.5. The first-order chi connectivity index (χ1) is 12.3. The minimum Gasteiger partial charge on any atom is -0.465 e. The van der Waals surface area contributed by atoms with Gasteiger partial charge in [-0.25, -0.2) is 19.6 Å². The number of nitrogens with two attached hydrogens (primary N) is 2. The molecule has 2 aromatic rings. The van der Waals surface area contributed by atoms with Crippen LogP contribution in [0.25, 0.3) is 0 Å². The predicted octanol–water partition coefficient (Wildman–Crippen LogP) is 1.70. The number of hydrogen-bond donors (Lipinski definition) is 2. The van der Waals surface area contributed by atoms with Gasteiger partial charge in [-0.3, -0.25) is 0 Å². The number of rotatable bonds is 4. The maximum Gasteiger partial charge on any atom is 0.341 e. The summed E-state index contributed by atoms with van der Waals surface area (Å²) >= 11 is 5.52. The Labute approximate surface area is 155 Å². The number of aromatic nitrogens is 2. The minimum atomic E-state index is -0.517. The van der Waals surface area contributed by atoms with Crippen molar-refractivity contribution < 1.29 is 23.8 Å². The van der Waals surface area contributed by atoms with Crippen LogP contribution in [0.5, 0.6) is 0 Å². The Kier molecular flexibility index (Phi) is 8.26. The number of nitrogen functional groups attached to an aromatic ring is 2. The lowest BCUT2D eigenvalue weighted by Crippen LogP contribution is -2.08. The third-order valence-corrected chi connectivity index (χ3v) is 3.19. The molecule has 4 N–H and O–H groups in total. The van der Waals surface area contributed by atoms with Crippen molar-refractivity contribution in [1.29, 1.82) is 0 Å². The van der Waals surface area contributed by atoms with Crippen LogP contribution in [-0.4, -0.2) is 43.2 Å². The molecule has 0 aliphatic carbocycles. The first-order valence-corrected chi connectivity index (χ1v) is 7.54. The molecule has 26 heavy (non-hydrogen) atoms. The fraction of sp³-hybridized carbons (Fsp3) is 0.250. The summed E-state index contributed by atoms with van der Waals surface area (Å²) < 4.78 is 13.9. The van der Waals surface area contributed by atoms with Gasteiger partial charge in [0.15, 0.2) is 0 Å². The zero-order valence-electron chi connectivity index (χ0n) is 14.5. The summed E-state index contributed by atoms with van der Waals surface area (Å²) in [6, 6.07) is 6.19. The zero-order valence-corrected chi connectivity index (χ0v) is 15.2. The number of nitrogens with zero attached hydrogens (tertiary/aromatic N) is 2. The van der Waals surface area contributed by atoms with E-state index in [0.29, 0.717) is 12.3 Å². The van der Waals surface area contributed by atoms with Gasteiger partial charge in [0, 0.05) is 7.11 Å². The maximum atomic E-state index is 11.1. The molecule has 0 saturated heterocycles. The molecule has 10 heteroatoms. The molecule has 0 aliphatic rings. The van der Waals surface area contributed by atoms with Crippen LogP contribution in [0.4, 0.5) is 11.6 Å². The van der Waals surface area contributed by atoms with E-state index in [1.165, 1.54) is 26.4 Å². The SMILES string of the molecule is COC(=O)c1ccc(Cl)nc1N.COCc1ccc(C(=O)OC)c(N)n1. The van der Waals surface area contributed by atoms with Gasteiger partial charge in [-0.05, 0) is 24.3 Å². The van der Waals surface area contributed by atoms with E-state index in [-0.39, 0.29) is 27.9 Å². The molecule has 0 amide bonds. The topological polar surface area (TPSA) is 140 Å². The fourth-order valence-corrected chi connectivity index (χ4v) is 1.91. The van der Waals surface area contributed by atoms with Crippen molar-refractivity contribution in [3.63, 3.8) is 0 Å². The molecular weight excluding hydrogens is 364 g/mol. The average molecular weight is 383 g/mol. The Bertz CT molecular complexity index is 785. The van der Waals surface area contributed by atoms with Crippen molar-refractivity contribution in [2.24, 2.45) is 0 Å². The van der Waals surface area contributed by atoms with Crippen LogP contribution in [0.15, 0.2) is 24.3 Å². The predicted molar refractivity (Wildman–Crippen MR) is 95.7 cm³/mol. The molecule has 140 valence electrons. The molecule has 2 aromatic heterocycles. The van der Waals surface area contributed by atoms with E-state index in [1.54, 1.807) is 19.2 Å². The summed E-state index contributed by atoms with van der Waals surface area (Å²) in [7, 11) is 4.13. The number of carbonyl (C=O) groups excluding carboxylic acids is 2. The highest BCUT2D eigenvalue weighted by Gasteiger charge is 2.11. The van der Waals surface area contributed by atoms with Gasteiger partial charge < -0.3 is 25.7 Å². The van der Waals surface area contributed by atoms with Gasteiger partial charge in [-0.15, -0.1) is 0 Å². The molecule has 0 saturated carbocycles. The summed E-state index contributed by atoms with van der Waals surface area (Å²) in [6.07, 6.45) is 0. The lowest BCUT2D eigenvalue weighted by molar-refractivity contribution is 0.0592. The second kappa shape index (κ2) is 10.2. The number of anilines is 2. The Hall–Kier alpha value is -2.91. The molecule has 0 unspecified atom stereocenters. The number of ether oxygens (including phenoxy) is 3. The molecule has 2 rings (SSSR count). The summed E-state index contributed by atoms with van der Waals surface area (Å²) in [5.74, 6) is -0.767. The van der Waals surface area contributed by atoms with Gasteiger partial charge in [0.05, 0.1) is 26.5 Å². The van der Waals surface area contributed by atoms with Crippen molar-refractivity contribution in [1.82, 2.24) is 9.97 Å². The molecule has 0 fully saturated rings. The second-order valence-corrected chi connectivity index (χ2v) is 5.11. The Morgan fingerprint density at radius 3 is 1.85 bits per heavy atom. The molecule has 0 aliphatic heterocycles. The highest BCUT2D eigenvalue weighted by molar-refractivity contribution is 6.29. The Morgan fingerprint density at radius 1 is 0.923 bits per heavy atom. The van der Waals surface area contributed by atoms with Crippen molar-refractivity contribution in [3.05, 3.63) is 46.2 Å². The van der Waals surface area contributed by atoms with E-state index >= 15 is 0 Å². The van der Waals surface area contributed by atoms with Crippen LogP contribution in [0.2, 0.25) is 5.15 Å². The van der Waals surface area contributed by atoms with Crippen molar-refractivity contribution in [2.75, 3.05) is 32.8 Å². The smallest absolute Gasteiger partial charge is 0.341 e. The van der Waals surface area contributed by atoms with Crippen molar-refractivity contribution >= 4 is 35.2 Å². The van der Waals surface area contributed by atoms with E-state index in [0.717, 1.165) is 0 Å². The molecule has 0 aromatic carbocycles. The molecule has 2 heterocycles. The normalized spacial score (nSPS) is 9.69. The fourth-order valence-electron chi connectivity index (χ4n) is 1.76.